The smallest absolute Gasteiger partial charge is 0.305 e. The zero-order valence-electron chi connectivity index (χ0n) is 13.5. The highest BCUT2D eigenvalue weighted by Crippen LogP contribution is 2.11. The predicted molar refractivity (Wildman–Crippen MR) is 86.7 cm³/mol. The van der Waals surface area contributed by atoms with Crippen molar-refractivity contribution in [2.24, 2.45) is 0 Å². The van der Waals surface area contributed by atoms with Crippen LogP contribution < -0.4 is 10.9 Å². The van der Waals surface area contributed by atoms with Crippen molar-refractivity contribution in [1.82, 2.24) is 15.1 Å². The van der Waals surface area contributed by atoms with E-state index in [1.54, 1.807) is 31.2 Å². The van der Waals surface area contributed by atoms with Crippen LogP contribution in [0.1, 0.15) is 13.3 Å². The summed E-state index contributed by atoms with van der Waals surface area (Å²) in [7, 11) is 1.42. The Balaban J connectivity index is 2.18. The number of carboxylic acid groups (broad SMARTS) is 1. The van der Waals surface area contributed by atoms with E-state index in [0.29, 0.717) is 10.8 Å². The number of nitrogens with one attached hydrogen (secondary N) is 1. The van der Waals surface area contributed by atoms with E-state index >= 15 is 0 Å². The maximum absolute atomic E-state index is 12.3. The molecule has 0 radical (unpaired) electrons. The molecule has 0 fully saturated rings. The van der Waals surface area contributed by atoms with Gasteiger partial charge in [0.1, 0.15) is 6.54 Å². The number of methoxy groups -OCH3 is 1. The van der Waals surface area contributed by atoms with Gasteiger partial charge in [-0.2, -0.15) is 5.10 Å². The van der Waals surface area contributed by atoms with Crippen molar-refractivity contribution in [1.29, 1.82) is 0 Å². The van der Waals surface area contributed by atoms with Crippen LogP contribution >= 0.6 is 0 Å². The number of hydrogen-bond donors (Lipinski definition) is 2. The van der Waals surface area contributed by atoms with E-state index in [4.69, 9.17) is 9.84 Å². The van der Waals surface area contributed by atoms with Gasteiger partial charge in [0.2, 0.25) is 5.91 Å². The molecule has 128 valence electrons. The fraction of sp³-hybridized carbons (Fsp3) is 0.375. The van der Waals surface area contributed by atoms with E-state index in [9.17, 15) is 14.4 Å². The number of aromatic nitrogens is 2. The van der Waals surface area contributed by atoms with Crippen LogP contribution in [0.25, 0.3) is 10.8 Å². The van der Waals surface area contributed by atoms with Crippen molar-refractivity contribution in [3.63, 3.8) is 0 Å². The Labute approximate surface area is 138 Å². The van der Waals surface area contributed by atoms with Gasteiger partial charge >= 0.3 is 5.97 Å². The standard InChI is InChI=1S/C16H19N3O5/c1-16(10-24-2,7-14(21)22)18-13(20)9-19-15(23)12-6-4-3-5-11(12)8-17-19/h3-6,8H,7,9-10H2,1-2H3,(H,18,20)(H,21,22). The number of nitrogens with zero attached hydrogens (tertiary/aromatic N) is 2. The Morgan fingerprint density at radius 3 is 2.75 bits per heavy atom. The number of fused-ring (bicyclic) bond motifs is 1. The van der Waals surface area contributed by atoms with Gasteiger partial charge in [-0.1, -0.05) is 18.2 Å². The minimum atomic E-state index is -1.07. The lowest BCUT2D eigenvalue weighted by Crippen LogP contribution is -2.52. The van der Waals surface area contributed by atoms with Gasteiger partial charge in [0.15, 0.2) is 0 Å². The molecule has 1 atom stereocenters. The molecule has 0 bridgehead atoms. The Bertz CT molecular complexity index is 817. The summed E-state index contributed by atoms with van der Waals surface area (Å²) in [5.74, 6) is -1.57. The van der Waals surface area contributed by atoms with Crippen LogP contribution in [0, 0.1) is 0 Å². The highest BCUT2D eigenvalue weighted by atomic mass is 16.5. The number of ether oxygens (including phenoxy) is 1. The Kier molecular flexibility index (Phi) is 5.30. The summed E-state index contributed by atoms with van der Waals surface area (Å²) >= 11 is 0. The third-order valence-corrected chi connectivity index (χ3v) is 3.50. The Morgan fingerprint density at radius 2 is 2.08 bits per heavy atom. The first-order valence-corrected chi connectivity index (χ1v) is 7.31. The van der Waals surface area contributed by atoms with Crippen LogP contribution in [0.2, 0.25) is 0 Å². The molecular weight excluding hydrogens is 314 g/mol. The molecular formula is C16H19N3O5. The van der Waals surface area contributed by atoms with Crippen molar-refractivity contribution in [2.75, 3.05) is 13.7 Å². The number of benzene rings is 1. The van der Waals surface area contributed by atoms with Gasteiger partial charge in [0.25, 0.3) is 5.56 Å². The number of rotatable bonds is 7. The second-order valence-corrected chi connectivity index (χ2v) is 5.81. The van der Waals surface area contributed by atoms with Gasteiger partial charge in [-0.15, -0.1) is 0 Å². The number of carboxylic acids is 1. The summed E-state index contributed by atoms with van der Waals surface area (Å²) in [6, 6.07) is 6.95. The number of amides is 1. The molecule has 1 aromatic heterocycles. The van der Waals surface area contributed by atoms with Crippen LogP contribution in [0.5, 0.6) is 0 Å². The quantitative estimate of drug-likeness (QED) is 0.758. The fourth-order valence-electron chi connectivity index (χ4n) is 2.54. The lowest BCUT2D eigenvalue weighted by molar-refractivity contribution is -0.139. The Morgan fingerprint density at radius 1 is 1.38 bits per heavy atom. The average Bonchev–Trinajstić information content (AvgIpc) is 2.49. The van der Waals surface area contributed by atoms with Crippen molar-refractivity contribution in [3.8, 4) is 0 Å². The van der Waals surface area contributed by atoms with E-state index in [2.05, 4.69) is 10.4 Å². The molecule has 1 amide bonds. The van der Waals surface area contributed by atoms with Crippen molar-refractivity contribution < 1.29 is 19.4 Å². The largest absolute Gasteiger partial charge is 0.481 e. The van der Waals surface area contributed by atoms with Gasteiger partial charge in [-0.05, 0) is 13.0 Å². The van der Waals surface area contributed by atoms with Crippen LogP contribution in [0.4, 0.5) is 0 Å². The molecule has 1 aromatic carbocycles. The van der Waals surface area contributed by atoms with E-state index < -0.39 is 17.4 Å². The van der Waals surface area contributed by atoms with Crippen molar-refractivity contribution in [2.45, 2.75) is 25.4 Å². The molecule has 8 heteroatoms. The molecule has 0 saturated carbocycles. The summed E-state index contributed by atoms with van der Waals surface area (Å²) in [6.45, 7) is 1.30. The number of hydrogen-bond acceptors (Lipinski definition) is 5. The summed E-state index contributed by atoms with van der Waals surface area (Å²) in [5, 5.41) is 16.7. The topological polar surface area (TPSA) is 111 Å². The average molecular weight is 333 g/mol. The molecule has 2 aromatic rings. The fourth-order valence-corrected chi connectivity index (χ4v) is 2.54. The number of carbonyl (C=O) groups excluding carboxylic acids is 1. The summed E-state index contributed by atoms with van der Waals surface area (Å²) < 4.78 is 6.03. The first-order valence-electron chi connectivity index (χ1n) is 7.31. The van der Waals surface area contributed by atoms with Crippen LogP contribution in [-0.2, 0) is 20.9 Å². The third-order valence-electron chi connectivity index (χ3n) is 3.50. The van der Waals surface area contributed by atoms with Crippen LogP contribution in [-0.4, -0.2) is 46.0 Å². The van der Waals surface area contributed by atoms with E-state index in [1.165, 1.54) is 13.3 Å². The zero-order chi connectivity index (χ0) is 17.7. The van der Waals surface area contributed by atoms with E-state index in [0.717, 1.165) is 4.68 Å². The molecule has 2 rings (SSSR count). The summed E-state index contributed by atoms with van der Waals surface area (Å²) in [5.41, 5.74) is -1.45. The first kappa shape index (κ1) is 17.6. The molecule has 1 unspecified atom stereocenters. The van der Waals surface area contributed by atoms with E-state index in [1.807, 2.05) is 0 Å². The normalized spacial score (nSPS) is 13.4. The number of carbonyl (C=O) groups is 2. The molecule has 24 heavy (non-hydrogen) atoms. The minimum Gasteiger partial charge on any atom is -0.481 e. The zero-order valence-corrected chi connectivity index (χ0v) is 13.5. The lowest BCUT2D eigenvalue weighted by Gasteiger charge is -2.28. The molecule has 0 spiro atoms. The van der Waals surface area contributed by atoms with Crippen LogP contribution in [0.15, 0.2) is 35.3 Å². The SMILES string of the molecule is COCC(C)(CC(=O)O)NC(=O)Cn1ncc2ccccc2c1=O. The van der Waals surface area contributed by atoms with Gasteiger partial charge < -0.3 is 15.2 Å². The second-order valence-electron chi connectivity index (χ2n) is 5.81. The maximum Gasteiger partial charge on any atom is 0.305 e. The third kappa shape index (κ3) is 4.17. The molecule has 8 nitrogen and oxygen atoms in total. The highest BCUT2D eigenvalue weighted by molar-refractivity contribution is 5.81. The van der Waals surface area contributed by atoms with Crippen molar-refractivity contribution >= 4 is 22.6 Å². The van der Waals surface area contributed by atoms with Gasteiger partial charge in [0.05, 0.1) is 30.1 Å². The van der Waals surface area contributed by atoms with Gasteiger partial charge in [-0.25, -0.2) is 4.68 Å². The molecule has 2 N–H and O–H groups in total. The second kappa shape index (κ2) is 7.22. The molecule has 0 aliphatic heterocycles. The highest BCUT2D eigenvalue weighted by Gasteiger charge is 2.29. The van der Waals surface area contributed by atoms with Gasteiger partial charge in [-0.3, -0.25) is 14.4 Å². The lowest BCUT2D eigenvalue weighted by atomic mass is 9.99. The molecule has 1 heterocycles. The minimum absolute atomic E-state index is 0.0328. The van der Waals surface area contributed by atoms with Gasteiger partial charge in [0, 0.05) is 12.5 Å². The molecule has 0 aliphatic carbocycles. The molecule has 0 aliphatic rings. The van der Waals surface area contributed by atoms with E-state index in [-0.39, 0.29) is 25.1 Å². The van der Waals surface area contributed by atoms with Crippen molar-refractivity contribution in [3.05, 3.63) is 40.8 Å². The number of aliphatic carboxylic acids is 1. The predicted octanol–water partition coefficient (Wildman–Crippen LogP) is 0.393. The first-order chi connectivity index (χ1) is 11.3. The van der Waals surface area contributed by atoms with Crippen LogP contribution in [0.3, 0.4) is 0 Å². The summed E-state index contributed by atoms with van der Waals surface area (Å²) in [6.07, 6.45) is 1.21. The monoisotopic (exact) mass is 333 g/mol. The summed E-state index contributed by atoms with van der Waals surface area (Å²) in [4.78, 5) is 35.5. The maximum atomic E-state index is 12.3. The Hall–Kier alpha value is -2.74. The molecule has 0 saturated heterocycles.